The Morgan fingerprint density at radius 2 is 1.94 bits per heavy atom. The van der Waals surface area contributed by atoms with Crippen molar-refractivity contribution < 1.29 is 27.4 Å². The minimum Gasteiger partial charge on any atom is -0.493 e. The fourth-order valence-corrected chi connectivity index (χ4v) is 4.36. The third-order valence-corrected chi connectivity index (χ3v) is 5.98. The Kier molecular flexibility index (Phi) is 6.44. The van der Waals surface area contributed by atoms with Crippen LogP contribution in [-0.2, 0) is 10.9 Å². The predicted molar refractivity (Wildman–Crippen MR) is 123 cm³/mol. The first-order valence-corrected chi connectivity index (χ1v) is 10.9. The van der Waals surface area contributed by atoms with E-state index in [2.05, 4.69) is 9.97 Å². The lowest BCUT2D eigenvalue weighted by molar-refractivity contribution is -0.137. The number of aryl methyl sites for hydroxylation is 1. The zero-order valence-electron chi connectivity index (χ0n) is 19.2. The van der Waals surface area contributed by atoms with E-state index >= 15 is 0 Å². The van der Waals surface area contributed by atoms with Crippen LogP contribution in [0.4, 0.5) is 24.7 Å². The molecule has 1 aliphatic rings. The summed E-state index contributed by atoms with van der Waals surface area (Å²) in [5.41, 5.74) is 12.7. The van der Waals surface area contributed by atoms with Crippen LogP contribution >= 0.6 is 0 Å². The average molecular weight is 476 g/mol. The smallest absolute Gasteiger partial charge is 0.416 e. The van der Waals surface area contributed by atoms with Crippen LogP contribution in [0.3, 0.4) is 0 Å². The molecule has 0 radical (unpaired) electrons. The van der Waals surface area contributed by atoms with Crippen LogP contribution in [0.25, 0.3) is 10.9 Å². The fourth-order valence-electron chi connectivity index (χ4n) is 4.36. The summed E-state index contributed by atoms with van der Waals surface area (Å²) in [6, 6.07) is 5.21. The molecule has 10 heteroatoms. The molecule has 0 saturated carbocycles. The molecule has 4 N–H and O–H groups in total. The Hall–Kier alpha value is -3.27. The highest BCUT2D eigenvalue weighted by Gasteiger charge is 2.33. The van der Waals surface area contributed by atoms with Gasteiger partial charge < -0.3 is 25.7 Å². The number of halogens is 3. The number of hydrogen-bond donors (Lipinski definition) is 2. The summed E-state index contributed by atoms with van der Waals surface area (Å²) in [7, 11) is 1.49. The number of rotatable bonds is 6. The Balaban J connectivity index is 1.93. The van der Waals surface area contributed by atoms with Gasteiger partial charge in [-0.05, 0) is 43.5 Å². The lowest BCUT2D eigenvalue weighted by Crippen LogP contribution is -2.18. The Bertz CT molecular complexity index is 1210. The van der Waals surface area contributed by atoms with Gasteiger partial charge in [0.05, 0.1) is 29.7 Å². The zero-order valence-corrected chi connectivity index (χ0v) is 19.2. The van der Waals surface area contributed by atoms with Gasteiger partial charge in [-0.25, -0.2) is 9.97 Å². The molecule has 0 amide bonds. The van der Waals surface area contributed by atoms with Crippen LogP contribution in [0, 0.1) is 6.92 Å². The Labute approximate surface area is 195 Å². The van der Waals surface area contributed by atoms with E-state index < -0.39 is 17.7 Å². The van der Waals surface area contributed by atoms with Crippen LogP contribution in [0.15, 0.2) is 24.3 Å². The van der Waals surface area contributed by atoms with Crippen molar-refractivity contribution in [3.63, 3.8) is 0 Å². The first kappa shape index (κ1) is 23.9. The fraction of sp³-hybridized carbons (Fsp3) is 0.417. The molecule has 2 aromatic carbocycles. The molecule has 1 saturated heterocycles. The topological polar surface area (TPSA) is 106 Å². The molecule has 0 aliphatic carbocycles. The maximum Gasteiger partial charge on any atom is 0.416 e. The third-order valence-electron chi connectivity index (χ3n) is 5.98. The summed E-state index contributed by atoms with van der Waals surface area (Å²) >= 11 is 0. The summed E-state index contributed by atoms with van der Waals surface area (Å²) < 4.78 is 58.0. The summed E-state index contributed by atoms with van der Waals surface area (Å²) in [6.45, 7) is 4.40. The first-order chi connectivity index (χ1) is 16.1. The highest BCUT2D eigenvalue weighted by atomic mass is 19.4. The van der Waals surface area contributed by atoms with E-state index in [1.165, 1.54) is 13.2 Å². The SMILES string of the molecule is COc1cc2nc(C)nc(N)c2c(C(C)c2cc(N)cc(C(F)(F)F)c2)c1OC[C@H]1CCCO1. The molecule has 7 nitrogen and oxygen atoms in total. The number of aromatic nitrogens is 2. The molecule has 1 unspecified atom stereocenters. The maximum absolute atomic E-state index is 13.5. The quantitative estimate of drug-likeness (QED) is 0.491. The van der Waals surface area contributed by atoms with E-state index in [4.69, 9.17) is 25.7 Å². The van der Waals surface area contributed by atoms with E-state index in [0.717, 1.165) is 25.0 Å². The Morgan fingerprint density at radius 1 is 1.18 bits per heavy atom. The maximum atomic E-state index is 13.5. The number of methoxy groups -OCH3 is 1. The molecule has 1 aromatic heterocycles. The van der Waals surface area contributed by atoms with Crippen molar-refractivity contribution in [3.05, 3.63) is 46.8 Å². The lowest BCUT2D eigenvalue weighted by Gasteiger charge is -2.24. The van der Waals surface area contributed by atoms with Crippen molar-refractivity contribution in [1.82, 2.24) is 9.97 Å². The van der Waals surface area contributed by atoms with E-state index in [1.54, 1.807) is 19.9 Å². The minimum absolute atomic E-state index is 0.00534. The van der Waals surface area contributed by atoms with Gasteiger partial charge in [0.15, 0.2) is 11.5 Å². The number of benzene rings is 2. The molecular formula is C24H27F3N4O3. The molecular weight excluding hydrogens is 449 g/mol. The van der Waals surface area contributed by atoms with Gasteiger partial charge in [-0.15, -0.1) is 0 Å². The minimum atomic E-state index is -4.54. The van der Waals surface area contributed by atoms with E-state index in [9.17, 15) is 13.2 Å². The van der Waals surface area contributed by atoms with Gasteiger partial charge in [0, 0.05) is 29.8 Å². The summed E-state index contributed by atoms with van der Waals surface area (Å²) in [5, 5.41) is 0.497. The van der Waals surface area contributed by atoms with Gasteiger partial charge in [-0.2, -0.15) is 13.2 Å². The number of nitrogens with two attached hydrogens (primary N) is 2. The van der Waals surface area contributed by atoms with Gasteiger partial charge in [-0.1, -0.05) is 6.92 Å². The first-order valence-electron chi connectivity index (χ1n) is 10.9. The monoisotopic (exact) mass is 476 g/mol. The van der Waals surface area contributed by atoms with Crippen molar-refractivity contribution in [2.75, 3.05) is 31.8 Å². The third kappa shape index (κ3) is 4.68. The van der Waals surface area contributed by atoms with Crippen molar-refractivity contribution in [1.29, 1.82) is 0 Å². The number of fused-ring (bicyclic) bond motifs is 1. The van der Waals surface area contributed by atoms with E-state index in [1.807, 2.05) is 0 Å². The molecule has 0 bridgehead atoms. The average Bonchev–Trinajstić information content (AvgIpc) is 3.28. The number of anilines is 2. The number of alkyl halides is 3. The second-order valence-electron chi connectivity index (χ2n) is 8.43. The highest BCUT2D eigenvalue weighted by molar-refractivity contribution is 5.95. The highest BCUT2D eigenvalue weighted by Crippen LogP contribution is 2.46. The van der Waals surface area contributed by atoms with Gasteiger partial charge in [0.2, 0.25) is 0 Å². The van der Waals surface area contributed by atoms with E-state index in [-0.39, 0.29) is 24.2 Å². The predicted octanol–water partition coefficient (Wildman–Crippen LogP) is 4.84. The Morgan fingerprint density at radius 3 is 2.59 bits per heavy atom. The van der Waals surface area contributed by atoms with Crippen molar-refractivity contribution in [2.24, 2.45) is 0 Å². The summed E-state index contributed by atoms with van der Waals surface area (Å²) in [6.07, 6.45) is -2.83. The van der Waals surface area contributed by atoms with Gasteiger partial charge in [0.25, 0.3) is 0 Å². The number of hydrogen-bond acceptors (Lipinski definition) is 7. The molecule has 182 valence electrons. The van der Waals surface area contributed by atoms with Crippen LogP contribution in [0.2, 0.25) is 0 Å². The molecule has 0 spiro atoms. The molecule has 4 rings (SSSR count). The van der Waals surface area contributed by atoms with Crippen LogP contribution in [0.5, 0.6) is 11.5 Å². The summed E-state index contributed by atoms with van der Waals surface area (Å²) in [4.78, 5) is 8.77. The number of ether oxygens (including phenoxy) is 3. The largest absolute Gasteiger partial charge is 0.493 e. The molecule has 34 heavy (non-hydrogen) atoms. The van der Waals surface area contributed by atoms with Gasteiger partial charge >= 0.3 is 6.18 Å². The normalized spacial score (nSPS) is 17.2. The van der Waals surface area contributed by atoms with Crippen LogP contribution in [-0.4, -0.2) is 36.4 Å². The van der Waals surface area contributed by atoms with Crippen molar-refractivity contribution in [2.45, 2.75) is 44.9 Å². The second kappa shape index (κ2) is 9.17. The standard InChI is InChI=1S/C24H27F3N4O3/c1-12(14-7-15(24(25,26)27)9-16(28)8-14)20-21-18(30-13(2)31-23(21)29)10-19(32-3)22(20)34-11-17-5-4-6-33-17/h7-10,12,17H,4-6,11,28H2,1-3H3,(H2,29,30,31)/t12?,17-/m1/s1. The second-order valence-corrected chi connectivity index (χ2v) is 8.43. The zero-order chi connectivity index (χ0) is 24.6. The lowest BCUT2D eigenvalue weighted by atomic mass is 9.88. The van der Waals surface area contributed by atoms with Crippen molar-refractivity contribution in [3.8, 4) is 11.5 Å². The molecule has 2 atom stereocenters. The van der Waals surface area contributed by atoms with Crippen LogP contribution in [0.1, 0.15) is 48.2 Å². The molecule has 1 fully saturated rings. The van der Waals surface area contributed by atoms with E-state index in [0.29, 0.717) is 46.0 Å². The van der Waals surface area contributed by atoms with Crippen LogP contribution < -0.4 is 20.9 Å². The van der Waals surface area contributed by atoms with Gasteiger partial charge in [-0.3, -0.25) is 0 Å². The molecule has 2 heterocycles. The molecule has 1 aliphatic heterocycles. The molecule has 3 aromatic rings. The summed E-state index contributed by atoms with van der Waals surface area (Å²) in [5.74, 6) is 0.823. The number of nitrogens with zero attached hydrogens (tertiary/aromatic N) is 2. The number of nitrogen functional groups attached to an aromatic ring is 2. The van der Waals surface area contributed by atoms with Crippen molar-refractivity contribution >= 4 is 22.4 Å². The van der Waals surface area contributed by atoms with Gasteiger partial charge in [0.1, 0.15) is 18.2 Å².